The Morgan fingerprint density at radius 1 is 1.07 bits per heavy atom. The average Bonchev–Trinajstić information content (AvgIpc) is 2.66. The summed E-state index contributed by atoms with van der Waals surface area (Å²) in [7, 11) is 0. The second-order valence-electron chi connectivity index (χ2n) is 5.23. The Balaban J connectivity index is 1.93. The van der Waals surface area contributed by atoms with Crippen LogP contribution < -0.4 is 5.32 Å². The van der Waals surface area contributed by atoms with Crippen LogP contribution in [-0.4, -0.2) is 28.3 Å². The first-order valence-corrected chi connectivity index (χ1v) is 7.60. The molecule has 0 fully saturated rings. The van der Waals surface area contributed by atoms with E-state index in [4.69, 9.17) is 0 Å². The van der Waals surface area contributed by atoms with Crippen molar-refractivity contribution in [2.24, 2.45) is 0 Å². The minimum absolute atomic E-state index is 0.0513. The van der Waals surface area contributed by atoms with Crippen LogP contribution in [0.4, 0.5) is 21.5 Å². The topological polar surface area (TPSA) is 142 Å². The Labute approximate surface area is 156 Å². The Morgan fingerprint density at radius 2 is 1.75 bits per heavy atom. The van der Waals surface area contributed by atoms with E-state index in [-0.39, 0.29) is 16.9 Å². The second-order valence-corrected chi connectivity index (χ2v) is 5.23. The van der Waals surface area contributed by atoms with Crippen LogP contribution in [0, 0.1) is 26.0 Å². The first-order chi connectivity index (χ1) is 13.3. The summed E-state index contributed by atoms with van der Waals surface area (Å²) in [6.07, 6.45) is 2.08. The summed E-state index contributed by atoms with van der Waals surface area (Å²) in [5.41, 5.74) is -0.901. The van der Waals surface area contributed by atoms with Crippen molar-refractivity contribution in [1.82, 2.24) is 0 Å². The molecular formula is C17H12FN3O7. The predicted octanol–water partition coefficient (Wildman–Crippen LogP) is 2.84. The summed E-state index contributed by atoms with van der Waals surface area (Å²) >= 11 is 0. The van der Waals surface area contributed by atoms with Gasteiger partial charge >= 0.3 is 11.7 Å². The van der Waals surface area contributed by atoms with Gasteiger partial charge in [-0.3, -0.25) is 25.0 Å². The summed E-state index contributed by atoms with van der Waals surface area (Å²) in [5.74, 6) is -2.80. The molecule has 0 saturated carbocycles. The monoisotopic (exact) mass is 389 g/mol. The number of ether oxygens (including phenoxy) is 1. The zero-order valence-corrected chi connectivity index (χ0v) is 14.0. The van der Waals surface area contributed by atoms with E-state index in [1.165, 1.54) is 24.3 Å². The lowest BCUT2D eigenvalue weighted by Gasteiger charge is -2.05. The van der Waals surface area contributed by atoms with Crippen LogP contribution in [0.25, 0.3) is 6.08 Å². The minimum atomic E-state index is -1.06. The largest absolute Gasteiger partial charge is 0.452 e. The highest BCUT2D eigenvalue weighted by molar-refractivity contribution is 5.95. The van der Waals surface area contributed by atoms with Crippen LogP contribution in [0.3, 0.4) is 0 Å². The maximum absolute atomic E-state index is 13.2. The number of para-hydroxylation sites is 1. The van der Waals surface area contributed by atoms with Crippen molar-refractivity contribution in [3.05, 3.63) is 80.1 Å². The van der Waals surface area contributed by atoms with Gasteiger partial charge < -0.3 is 10.1 Å². The van der Waals surface area contributed by atoms with Gasteiger partial charge in [0.1, 0.15) is 0 Å². The molecule has 2 aromatic rings. The molecule has 28 heavy (non-hydrogen) atoms. The standard InChI is InChI=1S/C17H12FN3O7/c18-13-7-6-12(9-15(13)21(26)27)19-16(22)10-28-17(23)8-5-11-3-1-2-4-14(11)20(24)25/h1-9H,10H2,(H,19,22)/b8-5+. The Morgan fingerprint density at radius 3 is 2.43 bits per heavy atom. The van der Waals surface area contributed by atoms with Gasteiger partial charge in [0, 0.05) is 23.9 Å². The van der Waals surface area contributed by atoms with E-state index < -0.39 is 39.8 Å². The highest BCUT2D eigenvalue weighted by Gasteiger charge is 2.16. The number of rotatable bonds is 7. The number of nitro benzene ring substituents is 2. The Bertz CT molecular complexity index is 975. The van der Waals surface area contributed by atoms with Gasteiger partial charge in [-0.2, -0.15) is 4.39 Å². The van der Waals surface area contributed by atoms with Gasteiger partial charge in [0.2, 0.25) is 5.82 Å². The SMILES string of the molecule is O=C(COC(=O)/C=C/c1ccccc1[N+](=O)[O-])Nc1ccc(F)c([N+](=O)[O-])c1. The molecule has 0 aromatic heterocycles. The summed E-state index contributed by atoms with van der Waals surface area (Å²) in [6.45, 7) is -0.717. The number of carbonyl (C=O) groups is 2. The van der Waals surface area contributed by atoms with E-state index in [1.54, 1.807) is 6.07 Å². The van der Waals surface area contributed by atoms with Crippen molar-refractivity contribution < 1.29 is 28.6 Å². The van der Waals surface area contributed by atoms with E-state index in [0.717, 1.165) is 24.3 Å². The van der Waals surface area contributed by atoms with E-state index >= 15 is 0 Å². The van der Waals surface area contributed by atoms with Crippen molar-refractivity contribution in [2.75, 3.05) is 11.9 Å². The van der Waals surface area contributed by atoms with Crippen LogP contribution in [0.5, 0.6) is 0 Å². The third kappa shape index (κ3) is 5.42. The number of amides is 1. The zero-order valence-electron chi connectivity index (χ0n) is 14.0. The third-order valence-corrected chi connectivity index (χ3v) is 3.30. The van der Waals surface area contributed by atoms with Crippen LogP contribution in [-0.2, 0) is 14.3 Å². The summed E-state index contributed by atoms with van der Waals surface area (Å²) in [4.78, 5) is 43.4. The number of hydrogen-bond acceptors (Lipinski definition) is 7. The highest BCUT2D eigenvalue weighted by Crippen LogP contribution is 2.21. The molecule has 0 atom stereocenters. The number of esters is 1. The second kappa shape index (κ2) is 8.98. The van der Waals surface area contributed by atoms with Crippen LogP contribution in [0.2, 0.25) is 0 Å². The Hall–Kier alpha value is -4.15. The van der Waals surface area contributed by atoms with Crippen molar-refractivity contribution in [1.29, 1.82) is 0 Å². The average molecular weight is 389 g/mol. The molecule has 1 N–H and O–H groups in total. The minimum Gasteiger partial charge on any atom is -0.452 e. The molecule has 0 heterocycles. The molecule has 10 nitrogen and oxygen atoms in total. The van der Waals surface area contributed by atoms with Gasteiger partial charge in [0.15, 0.2) is 6.61 Å². The molecule has 2 aromatic carbocycles. The Kier molecular flexibility index (Phi) is 6.47. The first kappa shape index (κ1) is 20.2. The molecule has 0 aliphatic rings. The third-order valence-electron chi connectivity index (χ3n) is 3.30. The lowest BCUT2D eigenvalue weighted by molar-refractivity contribution is -0.387. The predicted molar refractivity (Wildman–Crippen MR) is 94.8 cm³/mol. The summed E-state index contributed by atoms with van der Waals surface area (Å²) < 4.78 is 17.9. The van der Waals surface area contributed by atoms with Crippen molar-refractivity contribution in [3.63, 3.8) is 0 Å². The molecule has 0 radical (unpaired) electrons. The van der Waals surface area contributed by atoms with Crippen molar-refractivity contribution in [3.8, 4) is 0 Å². The van der Waals surface area contributed by atoms with Gasteiger partial charge in [-0.1, -0.05) is 12.1 Å². The van der Waals surface area contributed by atoms with Crippen LogP contribution in [0.15, 0.2) is 48.5 Å². The number of benzene rings is 2. The smallest absolute Gasteiger partial charge is 0.331 e. The maximum Gasteiger partial charge on any atom is 0.331 e. The quantitative estimate of drug-likeness (QED) is 0.332. The van der Waals surface area contributed by atoms with Gasteiger partial charge in [-0.25, -0.2) is 4.79 Å². The van der Waals surface area contributed by atoms with Crippen LogP contribution in [0.1, 0.15) is 5.56 Å². The molecule has 0 aliphatic carbocycles. The fourth-order valence-corrected chi connectivity index (χ4v) is 2.06. The molecule has 11 heteroatoms. The lowest BCUT2D eigenvalue weighted by atomic mass is 10.1. The molecule has 0 saturated heterocycles. The van der Waals surface area contributed by atoms with Crippen molar-refractivity contribution in [2.45, 2.75) is 0 Å². The molecule has 0 aliphatic heterocycles. The normalized spacial score (nSPS) is 10.5. The molecule has 0 unspecified atom stereocenters. The zero-order chi connectivity index (χ0) is 20.7. The number of hydrogen-bond donors (Lipinski definition) is 1. The summed E-state index contributed by atoms with van der Waals surface area (Å²) in [5, 5.41) is 23.8. The molecule has 144 valence electrons. The number of carbonyl (C=O) groups excluding carboxylic acids is 2. The number of halogens is 1. The number of anilines is 1. The number of nitrogens with one attached hydrogen (secondary N) is 1. The van der Waals surface area contributed by atoms with Crippen molar-refractivity contribution >= 4 is 35.0 Å². The summed E-state index contributed by atoms with van der Waals surface area (Å²) in [6, 6.07) is 8.46. The fourth-order valence-electron chi connectivity index (χ4n) is 2.06. The van der Waals surface area contributed by atoms with Gasteiger partial charge in [0.25, 0.3) is 11.6 Å². The van der Waals surface area contributed by atoms with E-state index in [1.807, 2.05) is 0 Å². The molecule has 2 rings (SSSR count). The van der Waals surface area contributed by atoms with E-state index in [2.05, 4.69) is 10.1 Å². The lowest BCUT2D eigenvalue weighted by Crippen LogP contribution is -2.20. The molecular weight excluding hydrogens is 377 g/mol. The molecule has 1 amide bonds. The molecule has 0 spiro atoms. The van der Waals surface area contributed by atoms with Gasteiger partial charge in [-0.05, 0) is 24.3 Å². The molecule has 0 bridgehead atoms. The van der Waals surface area contributed by atoms with E-state index in [0.29, 0.717) is 0 Å². The highest BCUT2D eigenvalue weighted by atomic mass is 19.1. The maximum atomic E-state index is 13.2. The van der Waals surface area contributed by atoms with Gasteiger partial charge in [0.05, 0.1) is 15.4 Å². The van der Waals surface area contributed by atoms with Crippen LogP contribution >= 0.6 is 0 Å². The fraction of sp³-hybridized carbons (Fsp3) is 0.0588. The number of nitro groups is 2. The van der Waals surface area contributed by atoms with E-state index in [9.17, 15) is 34.2 Å². The number of nitrogens with zero attached hydrogens (tertiary/aromatic N) is 2. The first-order valence-electron chi connectivity index (χ1n) is 7.60. The van der Waals surface area contributed by atoms with Gasteiger partial charge in [-0.15, -0.1) is 0 Å².